The largest absolute Gasteiger partial charge is 0.372 e. The van der Waals surface area contributed by atoms with Crippen LogP contribution in [0.25, 0.3) is 0 Å². The maximum absolute atomic E-state index is 6.18. The van der Waals surface area contributed by atoms with E-state index in [1.807, 2.05) is 0 Å². The second kappa shape index (κ2) is 11.5. The lowest BCUT2D eigenvalue weighted by molar-refractivity contribution is 0.0517. The summed E-state index contributed by atoms with van der Waals surface area (Å²) in [5.41, 5.74) is 4.35. The maximum Gasteiger partial charge on any atom is 0.0819 e. The highest BCUT2D eigenvalue weighted by atomic mass is 16.5. The van der Waals surface area contributed by atoms with Crippen molar-refractivity contribution in [1.29, 1.82) is 0 Å². The van der Waals surface area contributed by atoms with Gasteiger partial charge in [0.25, 0.3) is 0 Å². The Morgan fingerprint density at radius 2 is 1.97 bits per heavy atom. The summed E-state index contributed by atoms with van der Waals surface area (Å²) in [6.07, 6.45) is 18.3. The molecule has 0 spiro atoms. The highest BCUT2D eigenvalue weighted by Gasteiger charge is 2.32. The molecule has 0 saturated heterocycles. The molecule has 2 aliphatic carbocycles. The average Bonchev–Trinajstić information content (AvgIpc) is 2.76. The lowest BCUT2D eigenvalue weighted by Crippen LogP contribution is -2.28. The molecule has 5 atom stereocenters. The Bertz CT molecular complexity index is 830. The molecular formula is C29H39NO. The van der Waals surface area contributed by atoms with Gasteiger partial charge in [0.05, 0.1) is 12.7 Å². The minimum absolute atomic E-state index is 0.150. The van der Waals surface area contributed by atoms with Crippen LogP contribution in [0.2, 0.25) is 0 Å². The number of hydrogen-bond donors (Lipinski definition) is 0. The first kappa shape index (κ1) is 23.5. The van der Waals surface area contributed by atoms with Crippen molar-refractivity contribution in [3.05, 3.63) is 96.2 Å². The van der Waals surface area contributed by atoms with Crippen molar-refractivity contribution in [2.75, 3.05) is 27.2 Å². The average molecular weight is 418 g/mol. The van der Waals surface area contributed by atoms with Gasteiger partial charge in [-0.15, -0.1) is 6.58 Å². The standard InChI is InChI=1S/C29H39NO/c1-6-12-27(24-14-8-7-9-15-24)29(26-16-11-10-13-22(26)2)25-17-18-28(23(3)21-25)31-20-19-30(4)5/h6-11,14-18,21-23,27-29H,1,12-13,19-20H2,2-5H3. The summed E-state index contributed by atoms with van der Waals surface area (Å²) >= 11 is 0. The van der Waals surface area contributed by atoms with Gasteiger partial charge in [0.2, 0.25) is 0 Å². The number of hydrogen-bond acceptors (Lipinski definition) is 2. The molecule has 0 amide bonds. The van der Waals surface area contributed by atoms with E-state index in [1.165, 1.54) is 16.7 Å². The van der Waals surface area contributed by atoms with E-state index in [-0.39, 0.29) is 6.10 Å². The van der Waals surface area contributed by atoms with Gasteiger partial charge in [0.1, 0.15) is 0 Å². The van der Waals surface area contributed by atoms with Crippen LogP contribution in [0.15, 0.2) is 90.6 Å². The molecule has 0 N–H and O–H groups in total. The Hall–Kier alpha value is -2.16. The highest BCUT2D eigenvalue weighted by Crippen LogP contribution is 2.44. The summed E-state index contributed by atoms with van der Waals surface area (Å²) in [6, 6.07) is 11.0. The van der Waals surface area contributed by atoms with Crippen LogP contribution in [0.4, 0.5) is 0 Å². The lowest BCUT2D eigenvalue weighted by Gasteiger charge is -2.36. The molecule has 0 bridgehead atoms. The molecular weight excluding hydrogens is 378 g/mol. The summed E-state index contributed by atoms with van der Waals surface area (Å²) in [5, 5.41) is 0. The van der Waals surface area contributed by atoms with Gasteiger partial charge >= 0.3 is 0 Å². The molecule has 1 aromatic carbocycles. The summed E-state index contributed by atoms with van der Waals surface area (Å²) in [5.74, 6) is 1.64. The van der Waals surface area contributed by atoms with Gasteiger partial charge in [0.15, 0.2) is 0 Å². The molecule has 2 aliphatic rings. The van der Waals surface area contributed by atoms with Crippen LogP contribution in [0.1, 0.15) is 38.2 Å². The zero-order valence-electron chi connectivity index (χ0n) is 19.7. The van der Waals surface area contributed by atoms with E-state index in [0.29, 0.717) is 23.7 Å². The zero-order valence-corrected chi connectivity index (χ0v) is 19.7. The summed E-state index contributed by atoms with van der Waals surface area (Å²) in [6.45, 7) is 10.4. The fourth-order valence-corrected chi connectivity index (χ4v) is 4.80. The molecule has 2 heteroatoms. The van der Waals surface area contributed by atoms with Crippen molar-refractivity contribution >= 4 is 0 Å². The third-order valence-corrected chi connectivity index (χ3v) is 6.55. The molecule has 166 valence electrons. The summed E-state index contributed by atoms with van der Waals surface area (Å²) in [7, 11) is 4.17. The van der Waals surface area contributed by atoms with E-state index in [0.717, 1.165) is 26.0 Å². The van der Waals surface area contributed by atoms with Crippen LogP contribution in [-0.2, 0) is 4.74 Å². The number of benzene rings is 1. The zero-order chi connectivity index (χ0) is 22.2. The first-order valence-electron chi connectivity index (χ1n) is 11.7. The van der Waals surface area contributed by atoms with Gasteiger partial charge in [-0.3, -0.25) is 0 Å². The second-order valence-corrected chi connectivity index (χ2v) is 9.27. The minimum Gasteiger partial charge on any atom is -0.372 e. The van der Waals surface area contributed by atoms with Gasteiger partial charge in [-0.2, -0.15) is 0 Å². The Kier molecular flexibility index (Phi) is 8.69. The Labute approximate surface area is 189 Å². The monoisotopic (exact) mass is 417 g/mol. The molecule has 3 rings (SSSR count). The Morgan fingerprint density at radius 3 is 2.61 bits per heavy atom. The predicted octanol–water partition coefficient (Wildman–Crippen LogP) is 6.56. The maximum atomic E-state index is 6.18. The molecule has 0 heterocycles. The fraction of sp³-hybridized carbons (Fsp3) is 0.448. The van der Waals surface area contributed by atoms with Gasteiger partial charge in [-0.1, -0.05) is 92.3 Å². The predicted molar refractivity (Wildman–Crippen MR) is 133 cm³/mol. The molecule has 0 radical (unpaired) electrons. The van der Waals surface area contributed by atoms with Crippen LogP contribution >= 0.6 is 0 Å². The number of allylic oxidation sites excluding steroid dienone is 7. The van der Waals surface area contributed by atoms with Crippen molar-refractivity contribution in [3.8, 4) is 0 Å². The molecule has 5 unspecified atom stereocenters. The van der Waals surface area contributed by atoms with Crippen LogP contribution < -0.4 is 0 Å². The van der Waals surface area contributed by atoms with E-state index >= 15 is 0 Å². The number of likely N-dealkylation sites (N-methyl/N-ethyl adjacent to an activating group) is 1. The minimum atomic E-state index is 0.150. The smallest absolute Gasteiger partial charge is 0.0819 e. The van der Waals surface area contributed by atoms with Crippen molar-refractivity contribution in [2.24, 2.45) is 17.8 Å². The second-order valence-electron chi connectivity index (χ2n) is 9.27. The van der Waals surface area contributed by atoms with Crippen LogP contribution in [0, 0.1) is 17.8 Å². The quantitative estimate of drug-likeness (QED) is 0.400. The molecule has 0 fully saturated rings. The Morgan fingerprint density at radius 1 is 1.19 bits per heavy atom. The van der Waals surface area contributed by atoms with Gasteiger partial charge in [0, 0.05) is 18.4 Å². The van der Waals surface area contributed by atoms with E-state index < -0.39 is 0 Å². The topological polar surface area (TPSA) is 12.5 Å². The molecule has 1 aromatic rings. The Balaban J connectivity index is 1.92. The first-order valence-corrected chi connectivity index (χ1v) is 11.7. The van der Waals surface area contributed by atoms with E-state index in [2.05, 4.69) is 112 Å². The number of ether oxygens (including phenoxy) is 1. The SMILES string of the molecule is C=CCC(c1ccccc1)C(C1=CC(C)C(OCCN(C)C)C=C1)C1=CC=CCC1C. The summed E-state index contributed by atoms with van der Waals surface area (Å²) < 4.78 is 6.18. The lowest BCUT2D eigenvalue weighted by atomic mass is 9.69. The van der Waals surface area contributed by atoms with Gasteiger partial charge in [-0.25, -0.2) is 0 Å². The molecule has 31 heavy (non-hydrogen) atoms. The van der Waals surface area contributed by atoms with Gasteiger partial charge < -0.3 is 9.64 Å². The normalized spacial score (nSPS) is 25.1. The van der Waals surface area contributed by atoms with Crippen LogP contribution in [-0.4, -0.2) is 38.3 Å². The molecule has 0 aliphatic heterocycles. The van der Waals surface area contributed by atoms with Crippen LogP contribution in [0.3, 0.4) is 0 Å². The third-order valence-electron chi connectivity index (χ3n) is 6.55. The first-order chi connectivity index (χ1) is 15.0. The van der Waals surface area contributed by atoms with Crippen molar-refractivity contribution in [2.45, 2.75) is 38.7 Å². The van der Waals surface area contributed by atoms with Crippen molar-refractivity contribution in [3.63, 3.8) is 0 Å². The summed E-state index contributed by atoms with van der Waals surface area (Å²) in [4.78, 5) is 2.17. The molecule has 2 nitrogen and oxygen atoms in total. The van der Waals surface area contributed by atoms with E-state index in [4.69, 9.17) is 4.74 Å². The highest BCUT2D eigenvalue weighted by molar-refractivity contribution is 5.42. The molecule has 0 aromatic heterocycles. The van der Waals surface area contributed by atoms with Crippen molar-refractivity contribution in [1.82, 2.24) is 4.90 Å². The van der Waals surface area contributed by atoms with E-state index in [9.17, 15) is 0 Å². The van der Waals surface area contributed by atoms with Gasteiger partial charge in [-0.05, 0) is 49.9 Å². The van der Waals surface area contributed by atoms with Crippen molar-refractivity contribution < 1.29 is 4.74 Å². The number of rotatable bonds is 10. The van der Waals surface area contributed by atoms with E-state index in [1.54, 1.807) is 0 Å². The molecule has 0 saturated carbocycles. The third kappa shape index (κ3) is 6.18. The number of nitrogens with zero attached hydrogens (tertiary/aromatic N) is 1. The van der Waals surface area contributed by atoms with Crippen LogP contribution in [0.5, 0.6) is 0 Å². The fourth-order valence-electron chi connectivity index (χ4n) is 4.80.